The topological polar surface area (TPSA) is 17.9 Å². The summed E-state index contributed by atoms with van der Waals surface area (Å²) in [6.45, 7) is 16.8. The minimum atomic E-state index is -2.41. The van der Waals surface area contributed by atoms with Crippen molar-refractivity contribution in [3.63, 3.8) is 0 Å². The number of benzene rings is 11. The van der Waals surface area contributed by atoms with Gasteiger partial charge in [0.2, 0.25) is 0 Å². The maximum Gasteiger partial charge on any atom is 0.252 e. The summed E-state index contributed by atoms with van der Waals surface area (Å²) in [6, 6.07) is -38.2. The monoisotopic (exact) mass is 1210 g/mol. The van der Waals surface area contributed by atoms with Crippen LogP contribution in [0.4, 0.5) is 68.2 Å². The van der Waals surface area contributed by atoms with Gasteiger partial charge in [-0.25, -0.2) is 0 Å². The molecule has 0 bridgehead atoms. The fourth-order valence-electron chi connectivity index (χ4n) is 11.5. The fourth-order valence-corrected chi connectivity index (χ4v) is 12.4. The molecule has 89 heavy (non-hydrogen) atoms. The van der Waals surface area contributed by atoms with Crippen LogP contribution in [0.5, 0.6) is 0 Å². The summed E-state index contributed by atoms with van der Waals surface area (Å²) in [4.78, 5) is 2.60. The number of hydrogen-bond donors (Lipinski definition) is 0. The Kier molecular flexibility index (Phi) is 6.17. The molecular weight excluding hydrogens is 1100 g/mol. The van der Waals surface area contributed by atoms with E-state index in [4.69, 9.17) is 5.48 Å². The van der Waals surface area contributed by atoms with Crippen LogP contribution in [-0.2, 0) is 21.7 Å². The molecule has 11 aromatic carbocycles. The van der Waals surface area contributed by atoms with Gasteiger partial charge in [-0.15, -0.1) is 11.3 Å². The number of fused-ring (bicyclic) bond motifs is 12. The van der Waals surface area contributed by atoms with Gasteiger partial charge >= 0.3 is 0 Å². The van der Waals surface area contributed by atoms with Crippen molar-refractivity contribution in [3.05, 3.63) is 252 Å². The molecule has 5 heterocycles. The molecule has 7 heteroatoms. The second kappa shape index (κ2) is 19.6. The highest BCUT2D eigenvalue weighted by Gasteiger charge is 2.47. The van der Waals surface area contributed by atoms with Crippen LogP contribution >= 0.6 is 11.3 Å². The van der Waals surface area contributed by atoms with E-state index >= 15 is 0 Å². The Labute approximate surface area is 582 Å². The molecule has 3 aliphatic rings. The van der Waals surface area contributed by atoms with E-state index in [9.17, 15) is 46.6 Å². The van der Waals surface area contributed by atoms with E-state index < -0.39 is 365 Å². The van der Waals surface area contributed by atoms with Crippen LogP contribution < -0.4 is 36.0 Å². The Morgan fingerprint density at radius 3 is 1.51 bits per heavy atom. The van der Waals surface area contributed by atoms with Gasteiger partial charge in [0.25, 0.3) is 6.71 Å². The van der Waals surface area contributed by atoms with Crippen molar-refractivity contribution in [2.24, 2.45) is 0 Å². The number of nitrogens with zero attached hydrogens (tertiary/aromatic N) is 5. The van der Waals surface area contributed by atoms with Crippen molar-refractivity contribution < 1.29 is 52.1 Å². The minimum absolute atomic E-state index is 0.0442. The molecule has 5 nitrogen and oxygen atoms in total. The van der Waals surface area contributed by atoms with Crippen molar-refractivity contribution in [1.82, 2.24) is 4.57 Å². The lowest BCUT2D eigenvalue weighted by molar-refractivity contribution is 0.590. The Balaban J connectivity index is 1.27. The van der Waals surface area contributed by atoms with Gasteiger partial charge in [0.05, 0.1) is 85.9 Å². The summed E-state index contributed by atoms with van der Waals surface area (Å²) in [5, 5.41) is -1.57. The number of rotatable bonds is 7. The smallest absolute Gasteiger partial charge is 0.252 e. The first-order valence-corrected chi connectivity index (χ1v) is 29.4. The molecule has 0 saturated carbocycles. The largest absolute Gasteiger partial charge is 0.311 e. The van der Waals surface area contributed by atoms with Gasteiger partial charge in [0, 0.05) is 82.1 Å². The van der Waals surface area contributed by atoms with Gasteiger partial charge < -0.3 is 24.2 Å². The number of para-hydroxylation sites is 3. The Bertz CT molecular complexity index is 7130. The third-order valence-electron chi connectivity index (χ3n) is 15.9. The lowest BCUT2D eigenvalue weighted by Crippen LogP contribution is -2.61. The van der Waals surface area contributed by atoms with Crippen molar-refractivity contribution in [2.45, 2.75) is 105 Å². The molecule has 3 aliphatic heterocycles. The van der Waals surface area contributed by atoms with Crippen LogP contribution in [0.3, 0.4) is 0 Å². The molecule has 0 saturated heterocycles. The highest BCUT2D eigenvalue weighted by atomic mass is 32.1. The van der Waals surface area contributed by atoms with E-state index in [2.05, 4.69) is 0 Å². The van der Waals surface area contributed by atoms with Crippen molar-refractivity contribution in [3.8, 4) is 5.69 Å². The molecule has 2 aromatic heterocycles. The lowest BCUT2D eigenvalue weighted by Gasteiger charge is -2.47. The molecule has 0 atom stereocenters. The summed E-state index contributed by atoms with van der Waals surface area (Å²) in [7, 11) is 0. The maximum absolute atomic E-state index is 11.6. The van der Waals surface area contributed by atoms with Crippen molar-refractivity contribution in [2.75, 3.05) is 19.6 Å². The minimum Gasteiger partial charge on any atom is -0.311 e. The van der Waals surface area contributed by atoms with Crippen LogP contribution in [0.25, 0.3) is 47.7 Å². The first-order valence-electron chi connectivity index (χ1n) is 47.6. The molecular formula is C82H74BN5S. The molecule has 0 amide bonds. The number of aromatic nitrogens is 1. The molecule has 0 N–H and O–H groups in total. The van der Waals surface area contributed by atoms with Crippen LogP contribution in [-0.4, -0.2) is 11.3 Å². The van der Waals surface area contributed by atoms with Crippen LogP contribution in [0.1, 0.15) is 157 Å². The van der Waals surface area contributed by atoms with Crippen molar-refractivity contribution in [1.29, 1.82) is 0 Å². The zero-order valence-electron chi connectivity index (χ0n) is 88.2. The van der Waals surface area contributed by atoms with Crippen LogP contribution in [0.2, 0.25) is 0 Å². The zero-order valence-corrected chi connectivity index (χ0v) is 51.0. The van der Waals surface area contributed by atoms with E-state index in [1.807, 2.05) is 0 Å². The maximum atomic E-state index is 11.6. The van der Waals surface area contributed by atoms with E-state index in [0.717, 1.165) is 9.47 Å². The van der Waals surface area contributed by atoms with Gasteiger partial charge in [-0.3, -0.25) is 0 Å². The van der Waals surface area contributed by atoms with Gasteiger partial charge in [-0.1, -0.05) is 186 Å². The quantitative estimate of drug-likeness (QED) is 0.148. The van der Waals surface area contributed by atoms with Gasteiger partial charge in [0.15, 0.2) is 0 Å². The normalized spacial score (nSPS) is 19.5. The molecule has 13 aromatic rings. The summed E-state index contributed by atoms with van der Waals surface area (Å²) in [5.41, 5.74) is -21.6. The van der Waals surface area contributed by atoms with Crippen molar-refractivity contribution >= 4 is 145 Å². The molecule has 0 radical (unpaired) electrons. The predicted molar refractivity (Wildman–Crippen MR) is 385 cm³/mol. The highest BCUT2D eigenvalue weighted by Crippen LogP contribution is 2.56. The zero-order chi connectivity index (χ0) is 94.3. The Morgan fingerprint density at radius 1 is 0.348 bits per heavy atom. The number of anilines is 12. The number of hydrogen-bond acceptors (Lipinski definition) is 5. The molecule has 0 spiro atoms. The van der Waals surface area contributed by atoms with E-state index in [1.165, 1.54) is 0 Å². The van der Waals surface area contributed by atoms with Gasteiger partial charge in [-0.05, 0) is 187 Å². The summed E-state index contributed by atoms with van der Waals surface area (Å²) < 4.78 is 384. The third kappa shape index (κ3) is 8.70. The lowest BCUT2D eigenvalue weighted by atomic mass is 9.33. The van der Waals surface area contributed by atoms with E-state index in [0.29, 0.717) is 26.0 Å². The molecule has 0 aliphatic carbocycles. The summed E-state index contributed by atoms with van der Waals surface area (Å²) in [6.07, 6.45) is 0. The third-order valence-corrected chi connectivity index (χ3v) is 17.0. The molecule has 0 unspecified atom stereocenters. The van der Waals surface area contributed by atoms with Gasteiger partial charge in [0.1, 0.15) is 0 Å². The average molecular weight is 1210 g/mol. The fraction of sp³-hybridized carbons (Fsp3) is 0.195. The Hall–Kier alpha value is -9.30. The predicted octanol–water partition coefficient (Wildman–Crippen LogP) is 21.7. The molecule has 436 valence electrons. The SMILES string of the molecule is [2H]c1c([2H])c([2H])c(N(c2c([2H])c([2H])c([2H])c([2H])c2[2H])c2c([2H])c3c4c(c2[2H])N2c5c(c([2H])c([2H])c([2H])c5-n5c6c([2H])c([2H])c(C(C)(C)C)c([2H])c6c6c([2H])c(C(C)(C)C)c([2H])c2c65)B4c2c([2H])c([2H])c(N(c4c([2H])c([2H])c(C(C)(C)C)c([2H])c4[2H])c4c([2H])c([2H])c(C(C)(C)C)c([2H])c4[2H])c([2H])c2N3c2c([2H])c([2H])c3sc4c([2H])c([2H])c([2H])c([2H])c4c3c2[2H])c([2H])c1[2H]. The van der Waals surface area contributed by atoms with E-state index in [-0.39, 0.29) is 47.9 Å². The second-order valence-corrected chi connectivity index (χ2v) is 27.1. The van der Waals surface area contributed by atoms with Crippen LogP contribution in [0.15, 0.2) is 230 Å². The summed E-state index contributed by atoms with van der Waals surface area (Å²) >= 11 is 0.532. The van der Waals surface area contributed by atoms with Crippen LogP contribution in [0, 0.1) is 0 Å². The first kappa shape index (κ1) is 28.0. The van der Waals surface area contributed by atoms with Gasteiger partial charge in [-0.2, -0.15) is 0 Å². The summed E-state index contributed by atoms with van der Waals surface area (Å²) in [5.74, 6) is 0. The second-order valence-electron chi connectivity index (χ2n) is 26.1. The molecule has 16 rings (SSSR count). The first-order chi connectivity index (χ1) is 58.6. The standard InChI is InChI=1S/C82H74BN5S/c1-79(2,3)51-30-35-57(36-31-51)84(58-37-32-52(33-38-58)80(4,5)6)60-39-41-66-70(48-60)86(59-40-43-75-64(47-59)62-26-19-20-29-74(62)89-75)71-49-61(85(55-22-15-13-16-23-55)56-24-17-14-18-25-56)50-72-76(71)83(66)67-27-21-28-69-78(67)88(72)73-46-54(82(10,11)12)45-65-63-44-53(81(7,8)9)34-42-68(63)87(69)77(65)73/h13-50H,1-12H3/i13D,14D,15D,16D,17D,18D,19D,20D,21D,22D,23D,24D,25D,26D,27D,28D,29D,30D,31D,32D,33D,34D,35D,36D,37D,38D,39D,40D,41D,42D,43D,44D,45D,46D,47D,48D,49D,50D. The van der Waals surface area contributed by atoms with E-state index in [1.54, 1.807) is 83.1 Å². The Morgan fingerprint density at radius 2 is 0.876 bits per heavy atom. The molecule has 0 fully saturated rings. The highest BCUT2D eigenvalue weighted by molar-refractivity contribution is 7.25. The number of thiophene rings is 1. The average Bonchev–Trinajstić information content (AvgIpc) is 1.64.